The number of aryl methyl sites for hydroxylation is 1. The van der Waals surface area contributed by atoms with Gasteiger partial charge in [-0.25, -0.2) is 0 Å². The second-order valence-corrected chi connectivity index (χ2v) is 6.35. The lowest BCUT2D eigenvalue weighted by molar-refractivity contribution is 0.0785. The lowest BCUT2D eigenvalue weighted by atomic mass is 10.1. The van der Waals surface area contributed by atoms with Gasteiger partial charge in [-0.3, -0.25) is 9.59 Å². The summed E-state index contributed by atoms with van der Waals surface area (Å²) in [6.45, 7) is 2.67. The minimum Gasteiger partial charge on any atom is -0.371 e. The van der Waals surface area contributed by atoms with E-state index in [1.807, 2.05) is 12.1 Å². The van der Waals surface area contributed by atoms with E-state index in [4.69, 9.17) is 0 Å². The van der Waals surface area contributed by atoms with Gasteiger partial charge in [0.25, 0.3) is 11.5 Å². The molecule has 0 bridgehead atoms. The van der Waals surface area contributed by atoms with Crippen molar-refractivity contribution in [3.05, 3.63) is 64.1 Å². The predicted molar refractivity (Wildman–Crippen MR) is 95.4 cm³/mol. The molecule has 0 spiro atoms. The summed E-state index contributed by atoms with van der Waals surface area (Å²) < 4.78 is 1.46. The van der Waals surface area contributed by atoms with Crippen LogP contribution in [0.3, 0.4) is 0 Å². The van der Waals surface area contributed by atoms with Gasteiger partial charge in [0.2, 0.25) is 0 Å². The maximum atomic E-state index is 12.6. The Kier molecular flexibility index (Phi) is 4.69. The van der Waals surface area contributed by atoms with Crippen LogP contribution in [0, 0.1) is 0 Å². The van der Waals surface area contributed by atoms with Crippen LogP contribution in [0.5, 0.6) is 0 Å². The molecule has 1 aliphatic rings. The highest BCUT2D eigenvalue weighted by atomic mass is 16.2. The molecular weight excluding hydrogens is 302 g/mol. The van der Waals surface area contributed by atoms with Crippen molar-refractivity contribution >= 4 is 11.6 Å². The number of carbonyl (C=O) groups excluding carboxylic acids is 1. The fourth-order valence-electron chi connectivity index (χ4n) is 3.14. The molecule has 0 aliphatic carbocycles. The van der Waals surface area contributed by atoms with E-state index in [9.17, 15) is 9.59 Å². The molecule has 1 aliphatic heterocycles. The number of carbonyl (C=O) groups is 1. The number of amides is 1. The zero-order valence-electron chi connectivity index (χ0n) is 14.2. The van der Waals surface area contributed by atoms with Gasteiger partial charge in [0.1, 0.15) is 0 Å². The van der Waals surface area contributed by atoms with Crippen LogP contribution in [0.25, 0.3) is 0 Å². The number of pyridine rings is 1. The van der Waals surface area contributed by atoms with Crippen molar-refractivity contribution in [2.75, 3.05) is 25.0 Å². The molecule has 0 unspecified atom stereocenters. The average molecular weight is 325 g/mol. The van der Waals surface area contributed by atoms with Crippen LogP contribution in [0.1, 0.15) is 28.8 Å². The molecule has 2 aromatic rings. The number of rotatable bonds is 4. The van der Waals surface area contributed by atoms with Gasteiger partial charge < -0.3 is 14.4 Å². The molecule has 1 aromatic carbocycles. The quantitative estimate of drug-likeness (QED) is 0.866. The Morgan fingerprint density at radius 2 is 1.88 bits per heavy atom. The zero-order valence-corrected chi connectivity index (χ0v) is 14.2. The number of hydrogen-bond donors (Lipinski definition) is 0. The molecule has 0 radical (unpaired) electrons. The SMILES string of the molecule is CN(Cc1ccccc1N1CCCC1)C(=O)c1ccn(C)c(=O)c1. The van der Waals surface area contributed by atoms with Crippen LogP contribution < -0.4 is 10.5 Å². The Bertz CT molecular complexity index is 791. The standard InChI is InChI=1S/C19H23N3O2/c1-20-12-9-15(13-18(20)23)19(24)21(2)14-16-7-3-4-8-17(16)22-10-5-6-11-22/h3-4,7-9,12-13H,5-6,10-11,14H2,1-2H3. The third-order valence-electron chi connectivity index (χ3n) is 4.54. The second kappa shape index (κ2) is 6.91. The Morgan fingerprint density at radius 3 is 2.58 bits per heavy atom. The number of para-hydroxylation sites is 1. The fraction of sp³-hybridized carbons (Fsp3) is 0.368. The van der Waals surface area contributed by atoms with Gasteiger partial charge in [-0.15, -0.1) is 0 Å². The summed E-state index contributed by atoms with van der Waals surface area (Å²) >= 11 is 0. The van der Waals surface area contributed by atoms with Gasteiger partial charge in [-0.1, -0.05) is 18.2 Å². The molecule has 126 valence electrons. The highest BCUT2D eigenvalue weighted by molar-refractivity contribution is 5.93. The third-order valence-corrected chi connectivity index (χ3v) is 4.54. The Balaban J connectivity index is 1.79. The molecule has 0 atom stereocenters. The number of hydrogen-bond acceptors (Lipinski definition) is 3. The zero-order chi connectivity index (χ0) is 17.1. The van der Waals surface area contributed by atoms with E-state index in [1.54, 1.807) is 31.3 Å². The molecular formula is C19H23N3O2. The van der Waals surface area contributed by atoms with Crippen LogP contribution in [-0.4, -0.2) is 35.5 Å². The second-order valence-electron chi connectivity index (χ2n) is 6.35. The highest BCUT2D eigenvalue weighted by Crippen LogP contribution is 2.25. The first-order chi connectivity index (χ1) is 11.6. The summed E-state index contributed by atoms with van der Waals surface area (Å²) in [4.78, 5) is 28.4. The average Bonchev–Trinajstić information content (AvgIpc) is 3.11. The summed E-state index contributed by atoms with van der Waals surface area (Å²) in [5.41, 5.74) is 2.60. The Morgan fingerprint density at radius 1 is 1.17 bits per heavy atom. The smallest absolute Gasteiger partial charge is 0.254 e. The number of anilines is 1. The first kappa shape index (κ1) is 16.3. The van der Waals surface area contributed by atoms with Gasteiger partial charge in [0.15, 0.2) is 0 Å². The van der Waals surface area contributed by atoms with Crippen LogP contribution in [0.15, 0.2) is 47.4 Å². The van der Waals surface area contributed by atoms with E-state index >= 15 is 0 Å². The van der Waals surface area contributed by atoms with Crippen LogP contribution in [0.4, 0.5) is 5.69 Å². The third kappa shape index (κ3) is 3.35. The predicted octanol–water partition coefficient (Wildman–Crippen LogP) is 2.26. The monoisotopic (exact) mass is 325 g/mol. The van der Waals surface area contributed by atoms with E-state index in [2.05, 4.69) is 17.0 Å². The molecule has 0 saturated carbocycles. The largest absolute Gasteiger partial charge is 0.371 e. The molecule has 24 heavy (non-hydrogen) atoms. The fourth-order valence-corrected chi connectivity index (χ4v) is 3.14. The molecule has 0 N–H and O–H groups in total. The van der Waals surface area contributed by atoms with Crippen molar-refractivity contribution in [1.29, 1.82) is 0 Å². The summed E-state index contributed by atoms with van der Waals surface area (Å²) in [6, 6.07) is 11.3. The first-order valence-corrected chi connectivity index (χ1v) is 8.31. The molecule has 1 fully saturated rings. The van der Waals surface area contributed by atoms with E-state index in [1.165, 1.54) is 29.2 Å². The number of aromatic nitrogens is 1. The maximum absolute atomic E-state index is 12.6. The van der Waals surface area contributed by atoms with E-state index in [0.717, 1.165) is 18.7 Å². The molecule has 1 aromatic heterocycles. The van der Waals surface area contributed by atoms with Crippen molar-refractivity contribution in [3.63, 3.8) is 0 Å². The van der Waals surface area contributed by atoms with Crippen LogP contribution in [0.2, 0.25) is 0 Å². The maximum Gasteiger partial charge on any atom is 0.254 e. The van der Waals surface area contributed by atoms with Crippen LogP contribution >= 0.6 is 0 Å². The molecule has 2 heterocycles. The minimum atomic E-state index is -0.174. The lowest BCUT2D eigenvalue weighted by Crippen LogP contribution is -2.29. The topological polar surface area (TPSA) is 45.5 Å². The molecule has 5 nitrogen and oxygen atoms in total. The summed E-state index contributed by atoms with van der Waals surface area (Å²) in [5, 5.41) is 0. The van der Waals surface area contributed by atoms with Gasteiger partial charge in [0.05, 0.1) is 0 Å². The van der Waals surface area contributed by atoms with Crippen molar-refractivity contribution in [3.8, 4) is 0 Å². The van der Waals surface area contributed by atoms with E-state index in [0.29, 0.717) is 12.1 Å². The highest BCUT2D eigenvalue weighted by Gasteiger charge is 2.18. The summed E-state index contributed by atoms with van der Waals surface area (Å²) in [5.74, 6) is -0.135. The lowest BCUT2D eigenvalue weighted by Gasteiger charge is -2.24. The number of nitrogens with zero attached hydrogens (tertiary/aromatic N) is 3. The molecule has 3 rings (SSSR count). The van der Waals surface area contributed by atoms with Gasteiger partial charge in [-0.2, -0.15) is 0 Å². The normalized spacial score (nSPS) is 14.0. The van der Waals surface area contributed by atoms with Crippen molar-refractivity contribution < 1.29 is 4.79 Å². The van der Waals surface area contributed by atoms with Crippen molar-refractivity contribution in [1.82, 2.24) is 9.47 Å². The van der Waals surface area contributed by atoms with E-state index in [-0.39, 0.29) is 11.5 Å². The van der Waals surface area contributed by atoms with Gasteiger partial charge in [0, 0.05) is 57.2 Å². The van der Waals surface area contributed by atoms with E-state index < -0.39 is 0 Å². The Labute approximate surface area is 142 Å². The van der Waals surface area contributed by atoms with Crippen molar-refractivity contribution in [2.45, 2.75) is 19.4 Å². The van der Waals surface area contributed by atoms with Gasteiger partial charge in [-0.05, 0) is 30.5 Å². The minimum absolute atomic E-state index is 0.135. The van der Waals surface area contributed by atoms with Crippen LogP contribution in [-0.2, 0) is 13.6 Å². The Hall–Kier alpha value is -2.56. The number of benzene rings is 1. The molecule has 1 amide bonds. The van der Waals surface area contributed by atoms with Gasteiger partial charge >= 0.3 is 0 Å². The molecule has 1 saturated heterocycles. The van der Waals surface area contributed by atoms with Crippen molar-refractivity contribution in [2.24, 2.45) is 7.05 Å². The first-order valence-electron chi connectivity index (χ1n) is 8.31. The summed E-state index contributed by atoms with van der Waals surface area (Å²) in [7, 11) is 3.45. The summed E-state index contributed by atoms with van der Waals surface area (Å²) in [6.07, 6.45) is 4.06. The molecule has 5 heteroatoms.